The number of aromatic hydroxyl groups is 2. The Morgan fingerprint density at radius 1 is 1.04 bits per heavy atom. The van der Waals surface area contributed by atoms with Crippen molar-refractivity contribution in [2.45, 2.75) is 44.1 Å². The maximum absolute atomic E-state index is 12.3. The summed E-state index contributed by atoms with van der Waals surface area (Å²) in [7, 11) is 0. The number of phenols is 2. The Morgan fingerprint density at radius 3 is 2.22 bits per heavy atom. The van der Waals surface area contributed by atoms with E-state index >= 15 is 0 Å². The van der Waals surface area contributed by atoms with Crippen molar-refractivity contribution in [1.29, 1.82) is 0 Å². The molecule has 1 aromatic carbocycles. The first kappa shape index (κ1) is 14.6. The van der Waals surface area contributed by atoms with Gasteiger partial charge < -0.3 is 15.5 Å². The second-order valence-corrected chi connectivity index (χ2v) is 7.77. The van der Waals surface area contributed by atoms with Crippen molar-refractivity contribution < 1.29 is 15.0 Å². The van der Waals surface area contributed by atoms with Gasteiger partial charge in [-0.3, -0.25) is 4.79 Å². The fourth-order valence-electron chi connectivity index (χ4n) is 5.38. The van der Waals surface area contributed by atoms with Crippen LogP contribution in [0.15, 0.2) is 24.3 Å². The van der Waals surface area contributed by atoms with E-state index in [4.69, 9.17) is 0 Å². The smallest absolute Gasteiger partial charge is 0.244 e. The molecule has 4 aliphatic rings. The minimum Gasteiger partial charge on any atom is -0.504 e. The zero-order valence-corrected chi connectivity index (χ0v) is 13.2. The van der Waals surface area contributed by atoms with E-state index in [9.17, 15) is 15.0 Å². The third-order valence-electron chi connectivity index (χ3n) is 5.85. The van der Waals surface area contributed by atoms with E-state index in [1.807, 2.05) is 0 Å². The number of hydrogen-bond acceptors (Lipinski definition) is 3. The fourth-order valence-corrected chi connectivity index (χ4v) is 5.38. The maximum Gasteiger partial charge on any atom is 0.244 e. The maximum atomic E-state index is 12.3. The molecule has 0 heterocycles. The predicted molar refractivity (Wildman–Crippen MR) is 87.9 cm³/mol. The molecule has 1 aromatic rings. The van der Waals surface area contributed by atoms with Gasteiger partial charge in [0.05, 0.1) is 0 Å². The Labute approximate surface area is 136 Å². The van der Waals surface area contributed by atoms with E-state index in [0.29, 0.717) is 5.56 Å². The van der Waals surface area contributed by atoms with Crippen LogP contribution < -0.4 is 5.32 Å². The number of carbonyl (C=O) groups excluding carboxylic acids is 1. The molecule has 122 valence electrons. The Bertz CT molecular complexity index is 629. The summed E-state index contributed by atoms with van der Waals surface area (Å²) in [6.45, 7) is 0. The average Bonchev–Trinajstić information content (AvgIpc) is 2.46. The van der Waals surface area contributed by atoms with Crippen LogP contribution in [0.3, 0.4) is 0 Å². The van der Waals surface area contributed by atoms with Crippen LogP contribution in [0.25, 0.3) is 6.08 Å². The Kier molecular flexibility index (Phi) is 3.36. The average molecular weight is 313 g/mol. The van der Waals surface area contributed by atoms with Crippen LogP contribution in [0.1, 0.15) is 44.1 Å². The summed E-state index contributed by atoms with van der Waals surface area (Å²) in [6, 6.07) is 4.54. The molecule has 4 bridgehead atoms. The van der Waals surface area contributed by atoms with Crippen LogP contribution in [-0.2, 0) is 4.79 Å². The highest BCUT2D eigenvalue weighted by molar-refractivity contribution is 5.92. The van der Waals surface area contributed by atoms with Crippen molar-refractivity contribution >= 4 is 12.0 Å². The van der Waals surface area contributed by atoms with Gasteiger partial charge in [0.2, 0.25) is 5.91 Å². The first-order valence-electron chi connectivity index (χ1n) is 8.53. The van der Waals surface area contributed by atoms with Crippen LogP contribution in [0.5, 0.6) is 11.5 Å². The number of nitrogens with one attached hydrogen (secondary N) is 1. The normalized spacial score (nSPS) is 34.9. The van der Waals surface area contributed by atoms with Gasteiger partial charge in [-0.05, 0) is 80.1 Å². The Balaban J connectivity index is 1.44. The second kappa shape index (κ2) is 5.29. The molecule has 4 saturated carbocycles. The quantitative estimate of drug-likeness (QED) is 0.593. The zero-order chi connectivity index (χ0) is 16.0. The number of rotatable bonds is 3. The highest BCUT2D eigenvalue weighted by atomic mass is 16.3. The molecule has 3 N–H and O–H groups in total. The van der Waals surface area contributed by atoms with Crippen LogP contribution in [0.2, 0.25) is 0 Å². The molecule has 4 heteroatoms. The molecular weight excluding hydrogens is 290 g/mol. The Hall–Kier alpha value is -1.97. The molecule has 5 rings (SSSR count). The van der Waals surface area contributed by atoms with Gasteiger partial charge in [-0.15, -0.1) is 0 Å². The molecule has 0 spiro atoms. The van der Waals surface area contributed by atoms with E-state index < -0.39 is 0 Å². The van der Waals surface area contributed by atoms with Crippen molar-refractivity contribution in [3.05, 3.63) is 29.8 Å². The standard InChI is InChI=1S/C19H23NO3/c21-16-3-1-12(8-17(16)22)2-4-18(23)20-19-9-13-5-14(10-19)7-15(6-13)11-19/h1-4,8,13-15,21-22H,5-7,9-11H2,(H,20,23). The molecule has 1 amide bonds. The van der Waals surface area contributed by atoms with Crippen LogP contribution in [0, 0.1) is 17.8 Å². The lowest BCUT2D eigenvalue weighted by Gasteiger charge is -2.56. The number of phenolic OH excluding ortho intramolecular Hbond substituents is 2. The highest BCUT2D eigenvalue weighted by Crippen LogP contribution is 2.55. The molecule has 0 aliphatic heterocycles. The van der Waals surface area contributed by atoms with Gasteiger partial charge in [0, 0.05) is 11.6 Å². The van der Waals surface area contributed by atoms with Crippen LogP contribution in [0.4, 0.5) is 0 Å². The third-order valence-corrected chi connectivity index (χ3v) is 5.85. The van der Waals surface area contributed by atoms with Gasteiger partial charge in [-0.25, -0.2) is 0 Å². The number of benzene rings is 1. The van der Waals surface area contributed by atoms with E-state index in [0.717, 1.165) is 37.0 Å². The monoisotopic (exact) mass is 313 g/mol. The first-order valence-corrected chi connectivity index (χ1v) is 8.53. The topological polar surface area (TPSA) is 69.6 Å². The zero-order valence-electron chi connectivity index (χ0n) is 13.2. The van der Waals surface area contributed by atoms with Gasteiger partial charge in [0.25, 0.3) is 0 Å². The van der Waals surface area contributed by atoms with Gasteiger partial charge in [0.1, 0.15) is 0 Å². The summed E-state index contributed by atoms with van der Waals surface area (Å²) in [6.07, 6.45) is 10.7. The van der Waals surface area contributed by atoms with Crippen molar-refractivity contribution in [2.24, 2.45) is 17.8 Å². The summed E-state index contributed by atoms with van der Waals surface area (Å²) in [5.74, 6) is 2.03. The second-order valence-electron chi connectivity index (χ2n) is 7.77. The summed E-state index contributed by atoms with van der Waals surface area (Å²) in [5.41, 5.74) is 0.716. The first-order chi connectivity index (χ1) is 11.0. The molecule has 4 nitrogen and oxygen atoms in total. The van der Waals surface area contributed by atoms with Crippen molar-refractivity contribution in [1.82, 2.24) is 5.32 Å². The van der Waals surface area contributed by atoms with Gasteiger partial charge >= 0.3 is 0 Å². The Morgan fingerprint density at radius 2 is 1.65 bits per heavy atom. The van der Waals surface area contributed by atoms with Crippen molar-refractivity contribution in [3.8, 4) is 11.5 Å². The summed E-state index contributed by atoms with van der Waals surface area (Å²) >= 11 is 0. The molecule has 23 heavy (non-hydrogen) atoms. The number of carbonyl (C=O) groups is 1. The van der Waals surface area contributed by atoms with Crippen LogP contribution in [-0.4, -0.2) is 21.7 Å². The predicted octanol–water partition coefficient (Wildman–Crippen LogP) is 3.20. The largest absolute Gasteiger partial charge is 0.504 e. The lowest BCUT2D eigenvalue weighted by Crippen LogP contribution is -2.59. The number of amides is 1. The lowest BCUT2D eigenvalue weighted by atomic mass is 9.53. The fraction of sp³-hybridized carbons (Fsp3) is 0.526. The van der Waals surface area contributed by atoms with Crippen LogP contribution >= 0.6 is 0 Å². The SMILES string of the molecule is O=C(C=Cc1ccc(O)c(O)c1)NC12CC3CC(CC(C3)C1)C2. The molecule has 4 fully saturated rings. The third kappa shape index (κ3) is 2.82. The van der Waals surface area contributed by atoms with E-state index in [1.54, 1.807) is 12.1 Å². The minimum absolute atomic E-state index is 0.0211. The lowest BCUT2D eigenvalue weighted by molar-refractivity contribution is -0.122. The van der Waals surface area contributed by atoms with E-state index in [-0.39, 0.29) is 22.9 Å². The molecule has 4 aliphatic carbocycles. The summed E-state index contributed by atoms with van der Waals surface area (Å²) < 4.78 is 0. The van der Waals surface area contributed by atoms with Gasteiger partial charge in [-0.1, -0.05) is 6.07 Å². The molecular formula is C19H23NO3. The molecule has 0 radical (unpaired) electrons. The summed E-state index contributed by atoms with van der Waals surface area (Å²) in [5, 5.41) is 22.1. The van der Waals surface area contributed by atoms with Gasteiger partial charge in [-0.2, -0.15) is 0 Å². The summed E-state index contributed by atoms with van der Waals surface area (Å²) in [4.78, 5) is 12.3. The minimum atomic E-state index is -0.173. The van der Waals surface area contributed by atoms with Crippen molar-refractivity contribution in [2.75, 3.05) is 0 Å². The molecule has 0 unspecified atom stereocenters. The molecule has 0 saturated heterocycles. The number of hydrogen-bond donors (Lipinski definition) is 3. The van der Waals surface area contributed by atoms with E-state index in [1.165, 1.54) is 37.5 Å². The molecule has 0 aromatic heterocycles. The van der Waals surface area contributed by atoms with Gasteiger partial charge in [0.15, 0.2) is 11.5 Å². The van der Waals surface area contributed by atoms with Crippen molar-refractivity contribution in [3.63, 3.8) is 0 Å². The van der Waals surface area contributed by atoms with E-state index in [2.05, 4.69) is 5.32 Å². The highest BCUT2D eigenvalue weighted by Gasteiger charge is 2.51. The molecule has 0 atom stereocenters.